The molecule has 1 aliphatic heterocycles. The molecule has 1 unspecified atom stereocenters. The van der Waals surface area contributed by atoms with Gasteiger partial charge in [-0.1, -0.05) is 24.3 Å². The number of hydrogen-bond acceptors (Lipinski definition) is 5. The first-order chi connectivity index (χ1) is 13.0. The van der Waals surface area contributed by atoms with Crippen molar-refractivity contribution in [2.24, 2.45) is 5.92 Å². The number of amides is 2. The second kappa shape index (κ2) is 7.94. The Morgan fingerprint density at radius 3 is 2.59 bits per heavy atom. The summed E-state index contributed by atoms with van der Waals surface area (Å²) >= 11 is 0. The van der Waals surface area contributed by atoms with Gasteiger partial charge in [-0.05, 0) is 18.6 Å². The zero-order valence-corrected chi connectivity index (χ0v) is 14.8. The van der Waals surface area contributed by atoms with Gasteiger partial charge < -0.3 is 24.8 Å². The second-order valence-electron chi connectivity index (χ2n) is 6.22. The molecule has 1 aliphatic rings. The van der Waals surface area contributed by atoms with E-state index < -0.39 is 17.9 Å². The fourth-order valence-electron chi connectivity index (χ4n) is 3.04. The number of nitrogens with one attached hydrogen (secondary N) is 1. The van der Waals surface area contributed by atoms with Crippen LogP contribution in [0.25, 0.3) is 10.8 Å². The van der Waals surface area contributed by atoms with E-state index in [1.54, 1.807) is 12.1 Å². The Bertz CT molecular complexity index is 882. The molecule has 0 saturated carbocycles. The number of urea groups is 1. The van der Waals surface area contributed by atoms with Crippen LogP contribution in [0.2, 0.25) is 0 Å². The number of methoxy groups -OCH3 is 1. The average Bonchev–Trinajstić information content (AvgIpc) is 3.18. The first-order valence-electron chi connectivity index (χ1n) is 8.49. The number of anilines is 1. The van der Waals surface area contributed by atoms with Crippen LogP contribution >= 0.6 is 0 Å². The molecular formula is C19H20N2O6. The van der Waals surface area contributed by atoms with Gasteiger partial charge in [0.2, 0.25) is 0 Å². The summed E-state index contributed by atoms with van der Waals surface area (Å²) in [4.78, 5) is 36.4. The van der Waals surface area contributed by atoms with Crippen molar-refractivity contribution in [1.29, 1.82) is 0 Å². The summed E-state index contributed by atoms with van der Waals surface area (Å²) in [5, 5.41) is 13.4. The van der Waals surface area contributed by atoms with Crippen LogP contribution in [-0.2, 0) is 14.3 Å². The van der Waals surface area contributed by atoms with E-state index in [2.05, 4.69) is 10.1 Å². The van der Waals surface area contributed by atoms with E-state index in [-0.39, 0.29) is 19.2 Å². The van der Waals surface area contributed by atoms with Crippen LogP contribution in [0.4, 0.5) is 10.5 Å². The molecule has 3 rings (SSSR count). The topological polar surface area (TPSA) is 105 Å². The molecule has 0 aromatic heterocycles. The first kappa shape index (κ1) is 18.5. The maximum absolute atomic E-state index is 12.5. The number of esters is 1. The van der Waals surface area contributed by atoms with E-state index in [0.29, 0.717) is 24.4 Å². The number of carbonyl (C=O) groups excluding carboxylic acids is 2. The number of hydrogen-bond donors (Lipinski definition) is 2. The van der Waals surface area contributed by atoms with Crippen LogP contribution < -0.4 is 10.1 Å². The third-order valence-electron chi connectivity index (χ3n) is 4.52. The average molecular weight is 372 g/mol. The summed E-state index contributed by atoms with van der Waals surface area (Å²) in [5.74, 6) is -1.40. The largest absolute Gasteiger partial charge is 0.481 e. The van der Waals surface area contributed by atoms with Crippen LogP contribution in [-0.4, -0.2) is 54.8 Å². The predicted octanol–water partition coefficient (Wildman–Crippen LogP) is 2.33. The van der Waals surface area contributed by atoms with E-state index in [0.717, 1.165) is 10.8 Å². The Morgan fingerprint density at radius 1 is 1.19 bits per heavy atom. The molecule has 8 heteroatoms. The van der Waals surface area contributed by atoms with Gasteiger partial charge in [0.05, 0.1) is 18.7 Å². The third-order valence-corrected chi connectivity index (χ3v) is 4.52. The molecule has 2 aromatic carbocycles. The summed E-state index contributed by atoms with van der Waals surface area (Å²) in [6.45, 7) is 0.386. The van der Waals surface area contributed by atoms with Gasteiger partial charge in [0.1, 0.15) is 5.75 Å². The summed E-state index contributed by atoms with van der Waals surface area (Å²) in [6, 6.07) is 10.3. The van der Waals surface area contributed by atoms with Crippen molar-refractivity contribution >= 4 is 34.4 Å². The molecular weight excluding hydrogens is 352 g/mol. The van der Waals surface area contributed by atoms with Crippen LogP contribution in [0.5, 0.6) is 5.75 Å². The molecule has 8 nitrogen and oxygen atoms in total. The highest BCUT2D eigenvalue weighted by Gasteiger charge is 2.31. The maximum Gasteiger partial charge on any atom is 0.343 e. The van der Waals surface area contributed by atoms with Crippen molar-refractivity contribution in [3.8, 4) is 5.75 Å². The molecule has 1 heterocycles. The lowest BCUT2D eigenvalue weighted by Gasteiger charge is -2.18. The summed E-state index contributed by atoms with van der Waals surface area (Å²) in [5.41, 5.74) is 0.583. The van der Waals surface area contributed by atoms with Crippen LogP contribution in [0.15, 0.2) is 36.4 Å². The Kier molecular flexibility index (Phi) is 5.44. The number of likely N-dealkylation sites (tertiary alicyclic amines) is 1. The van der Waals surface area contributed by atoms with Gasteiger partial charge in [0.25, 0.3) is 0 Å². The minimum absolute atomic E-state index is 0.194. The monoisotopic (exact) mass is 372 g/mol. The smallest absolute Gasteiger partial charge is 0.343 e. The van der Waals surface area contributed by atoms with E-state index in [4.69, 9.17) is 9.84 Å². The Labute approximate surface area is 155 Å². The highest BCUT2D eigenvalue weighted by atomic mass is 16.6. The molecule has 0 bridgehead atoms. The van der Waals surface area contributed by atoms with Gasteiger partial charge >= 0.3 is 18.0 Å². The van der Waals surface area contributed by atoms with Crippen LogP contribution in [0.3, 0.4) is 0 Å². The summed E-state index contributed by atoms with van der Waals surface area (Å²) in [7, 11) is 1.29. The number of rotatable bonds is 5. The number of ether oxygens (including phenoxy) is 2. The lowest BCUT2D eigenvalue weighted by atomic mass is 10.1. The summed E-state index contributed by atoms with van der Waals surface area (Å²) < 4.78 is 10.1. The minimum atomic E-state index is -0.886. The molecule has 142 valence electrons. The van der Waals surface area contributed by atoms with E-state index in [1.165, 1.54) is 12.0 Å². The molecule has 2 amide bonds. The highest BCUT2D eigenvalue weighted by Crippen LogP contribution is 2.32. The number of carboxylic acid groups (broad SMARTS) is 1. The Balaban J connectivity index is 1.78. The van der Waals surface area contributed by atoms with Crippen molar-refractivity contribution in [3.05, 3.63) is 36.4 Å². The van der Waals surface area contributed by atoms with E-state index in [9.17, 15) is 14.4 Å². The van der Waals surface area contributed by atoms with Crippen LogP contribution in [0, 0.1) is 5.92 Å². The molecule has 0 radical (unpaired) electrons. The number of fused-ring (bicyclic) bond motifs is 1. The van der Waals surface area contributed by atoms with Gasteiger partial charge in [0.15, 0.2) is 6.61 Å². The quantitative estimate of drug-likeness (QED) is 0.781. The fourth-order valence-corrected chi connectivity index (χ4v) is 3.04. The van der Waals surface area contributed by atoms with Gasteiger partial charge in [0, 0.05) is 23.9 Å². The van der Waals surface area contributed by atoms with Gasteiger partial charge in [-0.3, -0.25) is 4.79 Å². The van der Waals surface area contributed by atoms with Crippen molar-refractivity contribution < 1.29 is 29.0 Å². The van der Waals surface area contributed by atoms with E-state index in [1.807, 2.05) is 24.3 Å². The van der Waals surface area contributed by atoms with Crippen LogP contribution in [0.1, 0.15) is 6.42 Å². The normalized spacial score (nSPS) is 16.2. The number of benzene rings is 2. The number of aliphatic carboxylic acids is 1. The molecule has 2 aromatic rings. The van der Waals surface area contributed by atoms with Crippen molar-refractivity contribution in [1.82, 2.24) is 4.90 Å². The van der Waals surface area contributed by atoms with Crippen molar-refractivity contribution in [3.63, 3.8) is 0 Å². The SMILES string of the molecule is COC(=O)COc1ccc(NC(=O)N2CCC(C(=O)O)C2)c2ccccc12. The molecule has 0 spiro atoms. The minimum Gasteiger partial charge on any atom is -0.481 e. The molecule has 1 fully saturated rings. The van der Waals surface area contributed by atoms with Gasteiger partial charge in [-0.15, -0.1) is 0 Å². The molecule has 1 saturated heterocycles. The molecule has 27 heavy (non-hydrogen) atoms. The van der Waals surface area contributed by atoms with Crippen molar-refractivity contribution in [2.45, 2.75) is 6.42 Å². The first-order valence-corrected chi connectivity index (χ1v) is 8.49. The highest BCUT2D eigenvalue weighted by molar-refractivity contribution is 6.04. The van der Waals surface area contributed by atoms with Gasteiger partial charge in [-0.25, -0.2) is 9.59 Å². The van der Waals surface area contributed by atoms with E-state index >= 15 is 0 Å². The zero-order chi connectivity index (χ0) is 19.4. The Hall–Kier alpha value is -3.29. The fraction of sp³-hybridized carbons (Fsp3) is 0.316. The predicted molar refractivity (Wildman–Crippen MR) is 97.8 cm³/mol. The lowest BCUT2D eigenvalue weighted by molar-refractivity contribution is -0.143. The number of nitrogens with zero attached hydrogens (tertiary/aromatic N) is 1. The van der Waals surface area contributed by atoms with Gasteiger partial charge in [-0.2, -0.15) is 0 Å². The number of carbonyl (C=O) groups is 3. The standard InChI is InChI=1S/C19H20N2O6/c1-26-17(22)11-27-16-7-6-15(13-4-2-3-5-14(13)16)20-19(25)21-9-8-12(10-21)18(23)24/h2-7,12H,8-11H2,1H3,(H,20,25)(H,23,24). The lowest BCUT2D eigenvalue weighted by Crippen LogP contribution is -2.33. The maximum atomic E-state index is 12.5. The Morgan fingerprint density at radius 2 is 1.93 bits per heavy atom. The zero-order valence-electron chi connectivity index (χ0n) is 14.8. The number of carboxylic acids is 1. The second-order valence-corrected chi connectivity index (χ2v) is 6.22. The summed E-state index contributed by atoms with van der Waals surface area (Å²) in [6.07, 6.45) is 0.448. The molecule has 0 aliphatic carbocycles. The molecule has 1 atom stereocenters. The third kappa shape index (κ3) is 4.11. The van der Waals surface area contributed by atoms with Crippen molar-refractivity contribution in [2.75, 3.05) is 32.1 Å². The molecule has 2 N–H and O–H groups in total.